The second-order valence-corrected chi connectivity index (χ2v) is 9.20. The molecule has 0 aromatic heterocycles. The Morgan fingerprint density at radius 3 is 2.30 bits per heavy atom. The van der Waals surface area contributed by atoms with Gasteiger partial charge >= 0.3 is 0 Å². The van der Waals surface area contributed by atoms with Crippen LogP contribution in [-0.2, 0) is 19.9 Å². The highest BCUT2D eigenvalue weighted by Gasteiger charge is 2.26. The van der Waals surface area contributed by atoms with E-state index in [4.69, 9.17) is 11.6 Å². The molecule has 1 atom stereocenters. The minimum Gasteiger partial charge on any atom is -0.224 e. The smallest absolute Gasteiger partial charge is 0.224 e. The number of alkyl halides is 1. The minimum atomic E-state index is -4.14. The molecular formula is C11H15ClFNO4S2. The summed E-state index contributed by atoms with van der Waals surface area (Å²) in [5.41, 5.74) is 0. The zero-order chi connectivity index (χ0) is 15.7. The van der Waals surface area contributed by atoms with Crippen LogP contribution in [0.2, 0.25) is 0 Å². The average Bonchev–Trinajstić information content (AvgIpc) is 2.26. The Labute approximate surface area is 123 Å². The zero-order valence-electron chi connectivity index (χ0n) is 11.2. The SMILES string of the molecule is CC(Cl)CN(C)S(=O)(=O)c1cc(S(C)(=O)=O)ccc1F. The van der Waals surface area contributed by atoms with E-state index in [0.717, 1.165) is 28.8 Å². The third-order valence-corrected chi connectivity index (χ3v) is 5.61. The van der Waals surface area contributed by atoms with Gasteiger partial charge in [0, 0.05) is 25.2 Å². The standard InChI is InChI=1S/C11H15ClFNO4S2/c1-8(12)7-14(2)20(17,18)11-6-9(19(3,15)16)4-5-10(11)13/h4-6,8H,7H2,1-3H3. The quantitative estimate of drug-likeness (QED) is 0.599. The molecular weight excluding hydrogens is 329 g/mol. The average molecular weight is 344 g/mol. The number of sulfonamides is 1. The van der Waals surface area contributed by atoms with Gasteiger partial charge in [-0.2, -0.15) is 4.31 Å². The van der Waals surface area contributed by atoms with E-state index in [2.05, 4.69) is 0 Å². The fourth-order valence-electron chi connectivity index (χ4n) is 1.53. The van der Waals surface area contributed by atoms with Gasteiger partial charge in [-0.25, -0.2) is 21.2 Å². The van der Waals surface area contributed by atoms with Gasteiger partial charge in [-0.05, 0) is 25.1 Å². The molecule has 114 valence electrons. The Morgan fingerprint density at radius 2 is 1.85 bits per heavy atom. The second-order valence-electron chi connectivity index (χ2n) is 4.43. The third-order valence-electron chi connectivity index (χ3n) is 2.53. The fourth-order valence-corrected chi connectivity index (χ4v) is 3.89. The monoisotopic (exact) mass is 343 g/mol. The van der Waals surface area contributed by atoms with Crippen molar-refractivity contribution < 1.29 is 21.2 Å². The van der Waals surface area contributed by atoms with Crippen LogP contribution in [-0.4, -0.2) is 46.4 Å². The van der Waals surface area contributed by atoms with Gasteiger partial charge in [0.25, 0.3) is 0 Å². The van der Waals surface area contributed by atoms with E-state index in [1.54, 1.807) is 6.92 Å². The Hall–Kier alpha value is -0.700. The molecule has 0 amide bonds. The highest BCUT2D eigenvalue weighted by atomic mass is 35.5. The molecule has 0 N–H and O–H groups in total. The van der Waals surface area contributed by atoms with Crippen LogP contribution in [0.25, 0.3) is 0 Å². The summed E-state index contributed by atoms with van der Waals surface area (Å²) in [6.45, 7) is 1.57. The molecule has 1 aromatic rings. The predicted octanol–water partition coefficient (Wildman–Crippen LogP) is 1.48. The highest BCUT2D eigenvalue weighted by Crippen LogP contribution is 2.22. The molecule has 0 heterocycles. The highest BCUT2D eigenvalue weighted by molar-refractivity contribution is 7.91. The molecule has 0 aliphatic rings. The van der Waals surface area contributed by atoms with E-state index in [0.29, 0.717) is 0 Å². The van der Waals surface area contributed by atoms with Crippen molar-refractivity contribution in [3.63, 3.8) is 0 Å². The van der Waals surface area contributed by atoms with Crippen molar-refractivity contribution in [1.29, 1.82) is 0 Å². The normalized spacial score (nSPS) is 14.5. The maximum atomic E-state index is 13.7. The van der Waals surface area contributed by atoms with Crippen molar-refractivity contribution >= 4 is 31.5 Å². The third kappa shape index (κ3) is 3.91. The van der Waals surface area contributed by atoms with Gasteiger partial charge < -0.3 is 0 Å². The van der Waals surface area contributed by atoms with E-state index < -0.39 is 36.0 Å². The first-order valence-electron chi connectivity index (χ1n) is 5.56. The Kier molecular flexibility index (Phi) is 5.18. The van der Waals surface area contributed by atoms with Crippen molar-refractivity contribution in [2.45, 2.75) is 22.1 Å². The molecule has 0 saturated carbocycles. The van der Waals surface area contributed by atoms with Gasteiger partial charge in [0.2, 0.25) is 10.0 Å². The first-order valence-corrected chi connectivity index (χ1v) is 9.33. The number of benzene rings is 1. The minimum absolute atomic E-state index is 0.0214. The first-order chi connectivity index (χ1) is 8.96. The van der Waals surface area contributed by atoms with Crippen molar-refractivity contribution in [3.8, 4) is 0 Å². The molecule has 0 aliphatic carbocycles. The summed E-state index contributed by atoms with van der Waals surface area (Å²) >= 11 is 5.71. The molecule has 9 heteroatoms. The van der Waals surface area contributed by atoms with Gasteiger partial charge in [-0.15, -0.1) is 11.6 Å². The maximum Gasteiger partial charge on any atom is 0.245 e. The van der Waals surface area contributed by atoms with Crippen molar-refractivity contribution in [2.24, 2.45) is 0 Å². The van der Waals surface area contributed by atoms with Crippen LogP contribution in [0, 0.1) is 5.82 Å². The van der Waals surface area contributed by atoms with E-state index in [-0.39, 0.29) is 11.4 Å². The Morgan fingerprint density at radius 1 is 1.30 bits per heavy atom. The van der Waals surface area contributed by atoms with Crippen LogP contribution in [0.3, 0.4) is 0 Å². The largest absolute Gasteiger partial charge is 0.245 e. The summed E-state index contributed by atoms with van der Waals surface area (Å²) in [6, 6.07) is 2.66. The van der Waals surface area contributed by atoms with E-state index in [1.165, 1.54) is 7.05 Å². The molecule has 0 saturated heterocycles. The molecule has 5 nitrogen and oxygen atoms in total. The lowest BCUT2D eigenvalue weighted by molar-refractivity contribution is 0.463. The van der Waals surface area contributed by atoms with Crippen molar-refractivity contribution in [3.05, 3.63) is 24.0 Å². The number of halogens is 2. The summed E-state index contributed by atoms with van der Waals surface area (Å²) < 4.78 is 61.8. The topological polar surface area (TPSA) is 71.5 Å². The predicted molar refractivity (Wildman–Crippen MR) is 74.6 cm³/mol. The summed E-state index contributed by atoms with van der Waals surface area (Å²) in [5.74, 6) is -1.01. The summed E-state index contributed by atoms with van der Waals surface area (Å²) in [6.07, 6.45) is 0.918. The van der Waals surface area contributed by atoms with Crippen molar-refractivity contribution in [2.75, 3.05) is 19.8 Å². The number of hydrogen-bond donors (Lipinski definition) is 0. The fraction of sp³-hybridized carbons (Fsp3) is 0.455. The van der Waals surface area contributed by atoms with E-state index >= 15 is 0 Å². The van der Waals surface area contributed by atoms with Crippen LogP contribution in [0.4, 0.5) is 4.39 Å². The van der Waals surface area contributed by atoms with Gasteiger partial charge in [-0.3, -0.25) is 0 Å². The molecule has 0 radical (unpaired) electrons. The second kappa shape index (κ2) is 5.97. The van der Waals surface area contributed by atoms with Gasteiger partial charge in [0.15, 0.2) is 9.84 Å². The maximum absolute atomic E-state index is 13.7. The molecule has 1 unspecified atom stereocenters. The van der Waals surface area contributed by atoms with E-state index in [1.807, 2.05) is 0 Å². The molecule has 0 fully saturated rings. The molecule has 0 spiro atoms. The summed E-state index contributed by atoms with van der Waals surface area (Å²) in [5, 5.41) is -0.462. The lowest BCUT2D eigenvalue weighted by Gasteiger charge is -2.19. The lowest BCUT2D eigenvalue weighted by Crippen LogP contribution is -2.32. The van der Waals surface area contributed by atoms with Crippen molar-refractivity contribution in [1.82, 2.24) is 4.31 Å². The van der Waals surface area contributed by atoms with Crippen LogP contribution in [0.1, 0.15) is 6.92 Å². The Bertz CT molecular complexity index is 701. The van der Waals surface area contributed by atoms with Crippen LogP contribution >= 0.6 is 11.6 Å². The summed E-state index contributed by atoms with van der Waals surface area (Å²) in [4.78, 5) is -0.940. The number of sulfone groups is 1. The summed E-state index contributed by atoms with van der Waals surface area (Å²) in [7, 11) is -6.51. The molecule has 1 rings (SSSR count). The van der Waals surface area contributed by atoms with Gasteiger partial charge in [0.05, 0.1) is 4.90 Å². The molecule has 1 aromatic carbocycles. The van der Waals surface area contributed by atoms with Crippen LogP contribution < -0.4 is 0 Å². The lowest BCUT2D eigenvalue weighted by atomic mass is 10.3. The Balaban J connectivity index is 3.38. The zero-order valence-corrected chi connectivity index (χ0v) is 13.6. The van der Waals surface area contributed by atoms with Gasteiger partial charge in [0.1, 0.15) is 10.7 Å². The van der Waals surface area contributed by atoms with E-state index in [9.17, 15) is 21.2 Å². The number of nitrogens with zero attached hydrogens (tertiary/aromatic N) is 1. The number of rotatable bonds is 5. The van der Waals surface area contributed by atoms with Crippen LogP contribution in [0.5, 0.6) is 0 Å². The molecule has 0 bridgehead atoms. The van der Waals surface area contributed by atoms with Gasteiger partial charge in [-0.1, -0.05) is 0 Å². The number of hydrogen-bond acceptors (Lipinski definition) is 4. The molecule has 0 aliphatic heterocycles. The first kappa shape index (κ1) is 17.4. The van der Waals surface area contributed by atoms with Crippen LogP contribution in [0.15, 0.2) is 28.0 Å². The molecule has 20 heavy (non-hydrogen) atoms.